The van der Waals surface area contributed by atoms with Gasteiger partial charge in [0.2, 0.25) is 11.8 Å². The summed E-state index contributed by atoms with van der Waals surface area (Å²) in [6, 6.07) is 11.9. The molecule has 0 bridgehead atoms. The summed E-state index contributed by atoms with van der Waals surface area (Å²) in [5, 5.41) is 5.76. The molecule has 260 valence electrons. The Morgan fingerprint density at radius 1 is 0.766 bits per heavy atom. The van der Waals surface area contributed by atoms with Crippen LogP contribution in [0.1, 0.15) is 97.0 Å². The van der Waals surface area contributed by atoms with Crippen molar-refractivity contribution < 1.29 is 28.7 Å². The van der Waals surface area contributed by atoms with Gasteiger partial charge in [-0.2, -0.15) is 11.8 Å². The van der Waals surface area contributed by atoms with E-state index in [-0.39, 0.29) is 6.42 Å². The number of esters is 1. The zero-order valence-electron chi connectivity index (χ0n) is 30.3. The number of nitrogens with zero attached hydrogens (tertiary/aromatic N) is 1. The molecule has 2 aromatic carbocycles. The molecule has 0 aliphatic rings. The van der Waals surface area contributed by atoms with Crippen LogP contribution in [0.2, 0.25) is 0 Å². The third-order valence-electron chi connectivity index (χ3n) is 7.17. The number of hydrogen-bond donors (Lipinski definition) is 2. The van der Waals surface area contributed by atoms with Gasteiger partial charge in [-0.15, -0.1) is 0 Å². The highest BCUT2D eigenvalue weighted by atomic mass is 32.2. The molecule has 9 nitrogen and oxygen atoms in total. The summed E-state index contributed by atoms with van der Waals surface area (Å²) in [6.45, 7) is 19.9. The highest BCUT2D eigenvalue weighted by Crippen LogP contribution is 2.34. The first-order chi connectivity index (χ1) is 21.6. The van der Waals surface area contributed by atoms with Crippen LogP contribution in [0.15, 0.2) is 48.5 Å². The molecule has 0 aliphatic carbocycles. The Balaban J connectivity index is 2.71. The first kappa shape index (κ1) is 39.6. The molecular weight excluding hydrogens is 614 g/mol. The SMILES string of the molecule is CSCCC(NC(=O)OC(C)(C)C)C(=O)N(C(C(=O)NC(Cc1ccccc1)C(=O)OC(C)(C)C)c1c(C)cccc1C)C(C)(C)C. The fraction of sp³-hybridized carbons (Fsp3) is 0.568. The zero-order valence-corrected chi connectivity index (χ0v) is 31.1. The Bertz CT molecular complexity index is 1350. The van der Waals surface area contributed by atoms with Crippen LogP contribution in [-0.4, -0.2) is 69.6 Å². The zero-order chi connectivity index (χ0) is 35.7. The molecule has 3 unspecified atom stereocenters. The van der Waals surface area contributed by atoms with Crippen molar-refractivity contribution in [3.63, 3.8) is 0 Å². The van der Waals surface area contributed by atoms with Gasteiger partial charge in [0.15, 0.2) is 0 Å². The van der Waals surface area contributed by atoms with E-state index in [2.05, 4.69) is 10.6 Å². The summed E-state index contributed by atoms with van der Waals surface area (Å²) in [7, 11) is 0. The maximum atomic E-state index is 14.7. The van der Waals surface area contributed by atoms with Crippen molar-refractivity contribution >= 4 is 35.6 Å². The second kappa shape index (κ2) is 16.5. The lowest BCUT2D eigenvalue weighted by Crippen LogP contribution is -2.60. The standard InChI is InChI=1S/C37H55N3O6S/c1-24-17-16-18-25(2)29(24)30(31(41)38-28(33(43)45-36(6,7)8)23-26-19-14-13-15-20-26)40(35(3,4)5)32(42)27(21-22-47-12)39-34(44)46-37(9,10)11/h13-20,27-28,30H,21-23H2,1-12H3,(H,38,41)(H,39,44). The number of benzene rings is 2. The van der Waals surface area contributed by atoms with Crippen molar-refractivity contribution in [3.05, 3.63) is 70.8 Å². The molecule has 2 N–H and O–H groups in total. The smallest absolute Gasteiger partial charge is 0.408 e. The molecule has 0 aliphatic heterocycles. The fourth-order valence-corrected chi connectivity index (χ4v) is 5.73. The number of ether oxygens (including phenoxy) is 2. The highest BCUT2D eigenvalue weighted by molar-refractivity contribution is 7.98. The topological polar surface area (TPSA) is 114 Å². The lowest BCUT2D eigenvalue weighted by molar-refractivity contribution is -0.159. The Morgan fingerprint density at radius 2 is 1.32 bits per heavy atom. The van der Waals surface area contributed by atoms with Crippen molar-refractivity contribution in [2.45, 2.75) is 124 Å². The molecule has 2 rings (SSSR count). The van der Waals surface area contributed by atoms with Crippen LogP contribution in [0, 0.1) is 13.8 Å². The summed E-state index contributed by atoms with van der Waals surface area (Å²) >= 11 is 1.55. The molecule has 2 aromatic rings. The lowest BCUT2D eigenvalue weighted by atomic mass is 9.89. The number of hydrogen-bond acceptors (Lipinski definition) is 7. The van der Waals surface area contributed by atoms with Crippen molar-refractivity contribution in [3.8, 4) is 0 Å². The Labute approximate surface area is 285 Å². The van der Waals surface area contributed by atoms with Crippen LogP contribution in [-0.2, 0) is 30.3 Å². The fourth-order valence-electron chi connectivity index (χ4n) is 5.26. The molecule has 10 heteroatoms. The molecular formula is C37H55N3O6S. The quantitative estimate of drug-likeness (QED) is 0.242. The van der Waals surface area contributed by atoms with Gasteiger partial charge in [-0.3, -0.25) is 9.59 Å². The van der Waals surface area contributed by atoms with E-state index in [1.807, 2.05) is 89.4 Å². The Kier molecular flexibility index (Phi) is 13.9. The van der Waals surface area contributed by atoms with Gasteiger partial charge < -0.3 is 25.0 Å². The van der Waals surface area contributed by atoms with Gasteiger partial charge in [0.1, 0.15) is 29.3 Å². The van der Waals surface area contributed by atoms with Gasteiger partial charge in [0.25, 0.3) is 0 Å². The van der Waals surface area contributed by atoms with Gasteiger partial charge in [-0.25, -0.2) is 9.59 Å². The van der Waals surface area contributed by atoms with Gasteiger partial charge in [-0.1, -0.05) is 48.5 Å². The van der Waals surface area contributed by atoms with Crippen LogP contribution in [0.5, 0.6) is 0 Å². The maximum Gasteiger partial charge on any atom is 0.408 e. The van der Waals surface area contributed by atoms with Crippen LogP contribution in [0.4, 0.5) is 4.79 Å². The number of rotatable bonds is 12. The first-order valence-electron chi connectivity index (χ1n) is 16.1. The minimum Gasteiger partial charge on any atom is -0.458 e. The minimum absolute atomic E-state index is 0.195. The van der Waals surface area contributed by atoms with E-state index in [1.165, 1.54) is 4.90 Å². The number of amides is 3. The number of thioether (sulfide) groups is 1. The average Bonchev–Trinajstić information content (AvgIpc) is 2.92. The Hall–Kier alpha value is -3.53. The number of carbonyl (C=O) groups excluding carboxylic acids is 4. The third-order valence-corrected chi connectivity index (χ3v) is 7.82. The lowest BCUT2D eigenvalue weighted by Gasteiger charge is -2.44. The van der Waals surface area contributed by atoms with Gasteiger partial charge >= 0.3 is 12.1 Å². The van der Waals surface area contributed by atoms with Crippen molar-refractivity contribution in [2.75, 3.05) is 12.0 Å². The van der Waals surface area contributed by atoms with Gasteiger partial charge in [0.05, 0.1) is 0 Å². The molecule has 0 saturated heterocycles. The minimum atomic E-state index is -1.14. The largest absolute Gasteiger partial charge is 0.458 e. The van der Waals surface area contributed by atoms with Crippen LogP contribution in [0.25, 0.3) is 0 Å². The third kappa shape index (κ3) is 12.5. The first-order valence-corrected chi connectivity index (χ1v) is 17.5. The second-order valence-electron chi connectivity index (χ2n) is 14.9. The van der Waals surface area contributed by atoms with E-state index in [1.54, 1.807) is 53.3 Å². The van der Waals surface area contributed by atoms with Crippen molar-refractivity contribution in [2.24, 2.45) is 0 Å². The van der Waals surface area contributed by atoms with Gasteiger partial charge in [-0.05, 0) is 117 Å². The van der Waals surface area contributed by atoms with Crippen molar-refractivity contribution in [1.82, 2.24) is 15.5 Å². The van der Waals surface area contributed by atoms with E-state index in [9.17, 15) is 19.2 Å². The highest BCUT2D eigenvalue weighted by Gasteiger charge is 2.44. The molecule has 0 radical (unpaired) electrons. The van der Waals surface area contributed by atoms with E-state index in [0.29, 0.717) is 17.7 Å². The van der Waals surface area contributed by atoms with Crippen LogP contribution in [0.3, 0.4) is 0 Å². The van der Waals surface area contributed by atoms with Gasteiger partial charge in [0, 0.05) is 12.0 Å². The molecule has 47 heavy (non-hydrogen) atoms. The predicted octanol–water partition coefficient (Wildman–Crippen LogP) is 6.69. The Morgan fingerprint density at radius 3 is 1.81 bits per heavy atom. The number of alkyl carbamates (subject to hydrolysis) is 1. The summed E-state index contributed by atoms with van der Waals surface area (Å²) in [4.78, 5) is 57.5. The molecule has 0 heterocycles. The molecule has 0 fully saturated rings. The molecule has 0 spiro atoms. The predicted molar refractivity (Wildman–Crippen MR) is 189 cm³/mol. The summed E-state index contributed by atoms with van der Waals surface area (Å²) < 4.78 is 11.3. The van der Waals surface area contributed by atoms with E-state index in [4.69, 9.17) is 9.47 Å². The summed E-state index contributed by atoms with van der Waals surface area (Å²) in [5.74, 6) is -0.953. The normalized spacial score (nSPS) is 14.0. The monoisotopic (exact) mass is 669 g/mol. The van der Waals surface area contributed by atoms with E-state index >= 15 is 0 Å². The second-order valence-corrected chi connectivity index (χ2v) is 15.8. The molecule has 0 aromatic heterocycles. The van der Waals surface area contributed by atoms with Crippen molar-refractivity contribution in [1.29, 1.82) is 0 Å². The molecule has 0 saturated carbocycles. The molecule has 3 amide bonds. The summed E-state index contributed by atoms with van der Waals surface area (Å²) in [5.41, 5.74) is 0.675. The number of carbonyl (C=O) groups is 4. The summed E-state index contributed by atoms with van der Waals surface area (Å²) in [6.07, 6.45) is 1.72. The van der Waals surface area contributed by atoms with E-state index in [0.717, 1.165) is 16.7 Å². The van der Waals surface area contributed by atoms with E-state index < -0.39 is 58.7 Å². The van der Waals surface area contributed by atoms with Crippen LogP contribution >= 0.6 is 11.8 Å². The number of nitrogens with one attached hydrogen (secondary N) is 2. The number of aryl methyl sites for hydroxylation is 2. The molecule has 3 atom stereocenters. The maximum absolute atomic E-state index is 14.7. The van der Waals surface area contributed by atoms with Crippen LogP contribution < -0.4 is 10.6 Å². The average molecular weight is 670 g/mol.